The van der Waals surface area contributed by atoms with E-state index in [1.165, 1.54) is 0 Å². The van der Waals surface area contributed by atoms with E-state index < -0.39 is 20.1 Å². The molecule has 0 aliphatic carbocycles. The van der Waals surface area contributed by atoms with Crippen LogP contribution in [0, 0.1) is 0 Å². The highest BCUT2D eigenvalue weighted by Gasteiger charge is 2.11. The Hall–Kier alpha value is -0.710. The Balaban J connectivity index is 3.93. The highest BCUT2D eigenvalue weighted by atomic mass is 31.2. The summed E-state index contributed by atoms with van der Waals surface area (Å²) < 4.78 is 14.6. The first-order valence-corrected chi connectivity index (χ1v) is 4.23. The molecule has 7 heteroatoms. The molecular formula is C4H8NO5P. The number of nitrogens with zero attached hydrogens (tertiary/aromatic N) is 1. The lowest BCUT2D eigenvalue weighted by Crippen LogP contribution is -1.99. The van der Waals surface area contributed by atoms with Gasteiger partial charge in [-0.15, -0.1) is 0 Å². The van der Waals surface area contributed by atoms with Crippen molar-refractivity contribution in [2.45, 2.75) is 0 Å². The summed E-state index contributed by atoms with van der Waals surface area (Å²) >= 11 is 0. The van der Waals surface area contributed by atoms with Gasteiger partial charge >= 0.3 is 13.6 Å². The molecular weight excluding hydrogens is 173 g/mol. The second-order valence-electron chi connectivity index (χ2n) is 1.60. The molecule has 0 saturated heterocycles. The van der Waals surface area contributed by atoms with Gasteiger partial charge in [0.15, 0.2) is 0 Å². The molecule has 0 bridgehead atoms. The van der Waals surface area contributed by atoms with Crippen LogP contribution in [0.3, 0.4) is 0 Å². The maximum absolute atomic E-state index is 10.6. The van der Waals surface area contributed by atoms with Crippen molar-refractivity contribution in [3.05, 3.63) is 0 Å². The summed E-state index contributed by atoms with van der Waals surface area (Å²) in [7, 11) is -2.75. The summed E-state index contributed by atoms with van der Waals surface area (Å²) in [6.07, 6.45) is 0. The zero-order valence-electron chi connectivity index (χ0n) is 5.80. The summed E-state index contributed by atoms with van der Waals surface area (Å²) in [5, 5.41) is 8.06. The summed E-state index contributed by atoms with van der Waals surface area (Å²) in [6.45, 7) is -0.534. The molecule has 6 nitrogen and oxygen atoms in total. The molecule has 0 radical (unpaired) electrons. The fraction of sp³-hybridized carbons (Fsp3) is 0.500. The number of carboxylic acids is 1. The molecule has 0 aliphatic heterocycles. The van der Waals surface area contributed by atoms with Crippen molar-refractivity contribution in [2.75, 3.05) is 13.7 Å². The van der Waals surface area contributed by atoms with Gasteiger partial charge in [0.05, 0.1) is 0 Å². The number of aliphatic carboxylic acids is 1. The van der Waals surface area contributed by atoms with Crippen LogP contribution in [0.25, 0.3) is 0 Å². The third-order valence-corrected chi connectivity index (χ3v) is 1.69. The molecule has 0 aliphatic rings. The van der Waals surface area contributed by atoms with Crippen LogP contribution in [0.4, 0.5) is 0 Å². The van der Waals surface area contributed by atoms with Gasteiger partial charge in [0.1, 0.15) is 12.5 Å². The largest absolute Gasteiger partial charge is 0.480 e. The van der Waals surface area contributed by atoms with Crippen molar-refractivity contribution < 1.29 is 23.9 Å². The molecule has 11 heavy (non-hydrogen) atoms. The molecule has 1 unspecified atom stereocenters. The van der Waals surface area contributed by atoms with Crippen molar-refractivity contribution in [1.29, 1.82) is 0 Å². The minimum absolute atomic E-state index is 0.534. The Morgan fingerprint density at radius 3 is 2.73 bits per heavy atom. The van der Waals surface area contributed by atoms with Crippen LogP contribution in [-0.2, 0) is 13.9 Å². The van der Waals surface area contributed by atoms with Gasteiger partial charge in [0.25, 0.3) is 0 Å². The third kappa shape index (κ3) is 5.72. The average molecular weight is 181 g/mol. The maximum atomic E-state index is 10.6. The quantitative estimate of drug-likeness (QED) is 0.467. The Morgan fingerprint density at radius 2 is 2.36 bits per heavy atom. The Kier molecular flexibility index (Phi) is 3.95. The lowest BCUT2D eigenvalue weighted by Gasteiger charge is -1.99. The van der Waals surface area contributed by atoms with Crippen molar-refractivity contribution in [2.24, 2.45) is 4.99 Å². The first kappa shape index (κ1) is 10.3. The van der Waals surface area contributed by atoms with Gasteiger partial charge in [-0.3, -0.25) is 14.4 Å². The van der Waals surface area contributed by atoms with Crippen LogP contribution in [0.15, 0.2) is 4.99 Å². The Morgan fingerprint density at radius 1 is 1.82 bits per heavy atom. The van der Waals surface area contributed by atoms with Crippen LogP contribution in [0.5, 0.6) is 0 Å². The van der Waals surface area contributed by atoms with Gasteiger partial charge < -0.3 is 14.5 Å². The molecule has 0 heterocycles. The average Bonchev–Trinajstić information content (AvgIpc) is 1.87. The topological polar surface area (TPSA) is 96.2 Å². The van der Waals surface area contributed by atoms with Gasteiger partial charge in [-0.05, 0) is 0 Å². The molecule has 1 atom stereocenters. The second kappa shape index (κ2) is 4.23. The van der Waals surface area contributed by atoms with E-state index in [1.54, 1.807) is 0 Å². The van der Waals surface area contributed by atoms with E-state index in [-0.39, 0.29) is 0 Å². The van der Waals surface area contributed by atoms with Crippen molar-refractivity contribution in [1.82, 2.24) is 0 Å². The number of hydrogen-bond acceptors (Lipinski definition) is 4. The van der Waals surface area contributed by atoms with Gasteiger partial charge in [-0.2, -0.15) is 0 Å². The van der Waals surface area contributed by atoms with Crippen molar-refractivity contribution in [3.8, 4) is 0 Å². The highest BCUT2D eigenvalue weighted by Crippen LogP contribution is 2.36. The zero-order valence-corrected chi connectivity index (χ0v) is 6.69. The molecule has 0 aromatic heterocycles. The Bertz CT molecular complexity index is 213. The normalized spacial score (nSPS) is 16.5. The van der Waals surface area contributed by atoms with E-state index in [0.29, 0.717) is 5.96 Å². The zero-order chi connectivity index (χ0) is 8.91. The van der Waals surface area contributed by atoms with E-state index in [9.17, 15) is 9.36 Å². The van der Waals surface area contributed by atoms with E-state index in [2.05, 4.69) is 9.52 Å². The molecule has 2 N–H and O–H groups in total. The van der Waals surface area contributed by atoms with Gasteiger partial charge in [0.2, 0.25) is 0 Å². The van der Waals surface area contributed by atoms with Gasteiger partial charge in [-0.1, -0.05) is 0 Å². The van der Waals surface area contributed by atoms with E-state index >= 15 is 0 Å². The molecule has 0 rings (SSSR count). The molecule has 0 spiro atoms. The molecule has 0 fully saturated rings. The fourth-order valence-electron chi connectivity index (χ4n) is 0.269. The molecule has 0 amide bonds. The van der Waals surface area contributed by atoms with Gasteiger partial charge in [-0.25, -0.2) is 0 Å². The van der Waals surface area contributed by atoms with Crippen LogP contribution < -0.4 is 0 Å². The minimum Gasteiger partial charge on any atom is -0.480 e. The summed E-state index contributed by atoms with van der Waals surface area (Å²) in [4.78, 5) is 21.6. The maximum Gasteiger partial charge on any atom is 0.368 e. The van der Waals surface area contributed by atoms with Crippen LogP contribution in [-0.4, -0.2) is 35.6 Å². The fourth-order valence-corrected chi connectivity index (χ4v) is 0.652. The molecule has 0 aromatic carbocycles. The molecule has 0 saturated carbocycles. The number of carbonyl (C=O) groups is 1. The highest BCUT2D eigenvalue weighted by molar-refractivity contribution is 7.68. The lowest BCUT2D eigenvalue weighted by molar-refractivity contribution is -0.135. The SMILES string of the molecule is COP(=O)(O)C=NCC(=O)O. The van der Waals surface area contributed by atoms with Crippen molar-refractivity contribution in [3.63, 3.8) is 0 Å². The summed E-state index contributed by atoms with van der Waals surface area (Å²) in [5.41, 5.74) is 0. The van der Waals surface area contributed by atoms with Gasteiger partial charge in [0, 0.05) is 7.11 Å². The molecule has 64 valence electrons. The monoisotopic (exact) mass is 181 g/mol. The number of carboxylic acid groups (broad SMARTS) is 1. The summed E-state index contributed by atoms with van der Waals surface area (Å²) in [5.74, 6) is -0.571. The van der Waals surface area contributed by atoms with E-state index in [0.717, 1.165) is 7.11 Å². The Labute approximate surface area is 63.1 Å². The van der Waals surface area contributed by atoms with Crippen molar-refractivity contribution >= 4 is 19.5 Å². The first-order valence-electron chi connectivity index (χ1n) is 2.59. The summed E-state index contributed by atoms with van der Waals surface area (Å²) in [6, 6.07) is 0. The van der Waals surface area contributed by atoms with E-state index in [4.69, 9.17) is 10.00 Å². The number of aliphatic imine (C=N–C) groups is 1. The molecule has 0 aromatic rings. The second-order valence-corrected chi connectivity index (χ2v) is 3.32. The predicted octanol–water partition coefficient (Wildman–Crippen LogP) is -0.0689. The van der Waals surface area contributed by atoms with Crippen LogP contribution in [0.1, 0.15) is 0 Å². The number of rotatable bonds is 4. The minimum atomic E-state index is -3.78. The number of hydrogen-bond donors (Lipinski definition) is 2. The lowest BCUT2D eigenvalue weighted by atomic mass is 10.7. The standard InChI is InChI=1S/C4H8NO5P/c1-10-11(8,9)3-5-2-4(6)7/h3H,2H2,1H3,(H,6,7)(H,8,9). The first-order chi connectivity index (χ1) is 4.98. The smallest absolute Gasteiger partial charge is 0.368 e. The van der Waals surface area contributed by atoms with Crippen LogP contribution >= 0.6 is 7.60 Å². The predicted molar refractivity (Wildman–Crippen MR) is 37.8 cm³/mol. The van der Waals surface area contributed by atoms with Crippen LogP contribution in [0.2, 0.25) is 0 Å². The third-order valence-electron chi connectivity index (χ3n) is 0.716. The van der Waals surface area contributed by atoms with E-state index in [1.807, 2.05) is 0 Å².